The lowest BCUT2D eigenvalue weighted by atomic mass is 10.0. The van der Waals surface area contributed by atoms with E-state index in [2.05, 4.69) is 20.6 Å². The Hall–Kier alpha value is -4.50. The number of methoxy groups -OCH3 is 1. The lowest BCUT2D eigenvalue weighted by Crippen LogP contribution is -2.55. The Morgan fingerprint density at radius 3 is 2.64 bits per heavy atom. The van der Waals surface area contributed by atoms with Crippen LogP contribution in [0.25, 0.3) is 11.1 Å². The molecule has 0 aliphatic carbocycles. The van der Waals surface area contributed by atoms with Gasteiger partial charge in [0.25, 0.3) is 0 Å². The Morgan fingerprint density at radius 1 is 1.14 bits per heavy atom. The van der Waals surface area contributed by atoms with Gasteiger partial charge in [0.05, 0.1) is 24.7 Å². The lowest BCUT2D eigenvalue weighted by molar-refractivity contribution is 0.0923. The highest BCUT2D eigenvalue weighted by Gasteiger charge is 2.32. The SMILES string of the molecule is COc1ccc(-c2cnc(Nc3cc(C=O)ccc3N3CCNCC3C(=O)c3ccco3)nc2)cc1. The van der Waals surface area contributed by atoms with Crippen molar-refractivity contribution >= 4 is 29.4 Å². The fourth-order valence-electron chi connectivity index (χ4n) is 4.23. The van der Waals surface area contributed by atoms with E-state index in [9.17, 15) is 9.59 Å². The predicted octanol–water partition coefficient (Wildman–Crippen LogP) is 3.96. The van der Waals surface area contributed by atoms with Crippen LogP contribution in [-0.2, 0) is 0 Å². The molecule has 0 amide bonds. The number of hydrogen-bond acceptors (Lipinski definition) is 9. The Labute approximate surface area is 208 Å². The maximum atomic E-state index is 13.2. The highest BCUT2D eigenvalue weighted by molar-refractivity contribution is 6.01. The summed E-state index contributed by atoms with van der Waals surface area (Å²) in [5.41, 5.74) is 3.73. The van der Waals surface area contributed by atoms with Crippen LogP contribution >= 0.6 is 0 Å². The molecule has 9 nitrogen and oxygen atoms in total. The molecular formula is C27H25N5O4. The topological polar surface area (TPSA) is 110 Å². The number of ketones is 1. The van der Waals surface area contributed by atoms with Gasteiger partial charge in [-0.15, -0.1) is 0 Å². The number of aromatic nitrogens is 2. The molecule has 1 fully saturated rings. The first-order valence-electron chi connectivity index (χ1n) is 11.5. The van der Waals surface area contributed by atoms with Crippen molar-refractivity contribution in [2.45, 2.75) is 6.04 Å². The summed E-state index contributed by atoms with van der Waals surface area (Å²) in [7, 11) is 1.63. The van der Waals surface area contributed by atoms with Crippen LogP contribution in [0.2, 0.25) is 0 Å². The van der Waals surface area contributed by atoms with Crippen LogP contribution in [0.15, 0.2) is 77.7 Å². The van der Waals surface area contributed by atoms with Gasteiger partial charge in [-0.05, 0) is 48.0 Å². The molecule has 1 unspecified atom stereocenters. The molecule has 4 aromatic rings. The molecule has 2 aromatic carbocycles. The normalized spacial score (nSPS) is 15.4. The molecule has 36 heavy (non-hydrogen) atoms. The average Bonchev–Trinajstić information content (AvgIpc) is 3.48. The number of carbonyl (C=O) groups excluding carboxylic acids is 2. The Morgan fingerprint density at radius 2 is 1.94 bits per heavy atom. The van der Waals surface area contributed by atoms with Crippen molar-refractivity contribution in [2.24, 2.45) is 0 Å². The quantitative estimate of drug-likeness (QED) is 0.284. The summed E-state index contributed by atoms with van der Waals surface area (Å²) in [6.07, 6.45) is 5.74. The zero-order chi connectivity index (χ0) is 24.9. The van der Waals surface area contributed by atoms with E-state index in [1.807, 2.05) is 35.2 Å². The Bertz CT molecular complexity index is 1340. The van der Waals surface area contributed by atoms with Crippen LogP contribution in [0.5, 0.6) is 5.75 Å². The van der Waals surface area contributed by atoms with Gasteiger partial charge in [0.2, 0.25) is 11.7 Å². The van der Waals surface area contributed by atoms with E-state index in [0.717, 1.165) is 28.8 Å². The van der Waals surface area contributed by atoms with E-state index in [-0.39, 0.29) is 5.78 Å². The first kappa shape index (κ1) is 23.3. The number of ether oxygens (including phenoxy) is 1. The Balaban J connectivity index is 1.43. The lowest BCUT2D eigenvalue weighted by Gasteiger charge is -2.37. The molecule has 2 aromatic heterocycles. The fourth-order valence-corrected chi connectivity index (χ4v) is 4.23. The number of nitrogens with zero attached hydrogens (tertiary/aromatic N) is 3. The molecular weight excluding hydrogens is 458 g/mol. The number of rotatable bonds is 8. The summed E-state index contributed by atoms with van der Waals surface area (Å²) in [6.45, 7) is 1.79. The van der Waals surface area contributed by atoms with Gasteiger partial charge in [-0.2, -0.15) is 0 Å². The van der Waals surface area contributed by atoms with Gasteiger partial charge in [0, 0.05) is 43.2 Å². The fraction of sp³-hybridized carbons (Fsp3) is 0.185. The molecule has 2 N–H and O–H groups in total. The van der Waals surface area contributed by atoms with Gasteiger partial charge in [0.1, 0.15) is 18.1 Å². The maximum Gasteiger partial charge on any atom is 0.227 e. The molecule has 0 spiro atoms. The van der Waals surface area contributed by atoms with Gasteiger partial charge >= 0.3 is 0 Å². The molecule has 5 rings (SSSR count). The monoisotopic (exact) mass is 483 g/mol. The van der Waals surface area contributed by atoms with Crippen molar-refractivity contribution in [1.82, 2.24) is 15.3 Å². The Kier molecular flexibility index (Phi) is 6.72. The summed E-state index contributed by atoms with van der Waals surface area (Å²) in [6, 6.07) is 15.9. The number of aldehydes is 1. The summed E-state index contributed by atoms with van der Waals surface area (Å²) >= 11 is 0. The second kappa shape index (κ2) is 10.4. The third-order valence-corrected chi connectivity index (χ3v) is 6.10. The number of carbonyl (C=O) groups is 2. The minimum Gasteiger partial charge on any atom is -0.497 e. The molecule has 1 atom stereocenters. The number of anilines is 3. The largest absolute Gasteiger partial charge is 0.497 e. The summed E-state index contributed by atoms with van der Waals surface area (Å²) < 4.78 is 10.6. The van der Waals surface area contributed by atoms with Crippen molar-refractivity contribution in [3.05, 3.63) is 84.6 Å². The van der Waals surface area contributed by atoms with Gasteiger partial charge < -0.3 is 24.7 Å². The number of piperazine rings is 1. The third kappa shape index (κ3) is 4.82. The van der Waals surface area contributed by atoms with Gasteiger partial charge in [-0.3, -0.25) is 9.59 Å². The van der Waals surface area contributed by atoms with E-state index in [4.69, 9.17) is 9.15 Å². The van der Waals surface area contributed by atoms with E-state index in [1.165, 1.54) is 6.26 Å². The number of benzene rings is 2. The number of furan rings is 1. The summed E-state index contributed by atoms with van der Waals surface area (Å²) in [5.74, 6) is 1.35. The summed E-state index contributed by atoms with van der Waals surface area (Å²) in [5, 5.41) is 6.52. The number of nitrogens with one attached hydrogen (secondary N) is 2. The van der Waals surface area contributed by atoms with E-state index in [0.29, 0.717) is 42.6 Å². The molecule has 182 valence electrons. The van der Waals surface area contributed by atoms with E-state index >= 15 is 0 Å². The predicted molar refractivity (Wildman–Crippen MR) is 136 cm³/mol. The van der Waals surface area contributed by atoms with Crippen LogP contribution in [-0.4, -0.2) is 54.8 Å². The number of Topliss-reactive ketones (excluding diaryl/α,β-unsaturated/α-hetero) is 1. The molecule has 0 radical (unpaired) electrons. The van der Waals surface area contributed by atoms with E-state index in [1.54, 1.807) is 43.8 Å². The molecule has 0 saturated carbocycles. The minimum atomic E-state index is -0.467. The van der Waals surface area contributed by atoms with Crippen molar-refractivity contribution < 1.29 is 18.7 Å². The first-order chi connectivity index (χ1) is 17.7. The molecule has 1 aliphatic heterocycles. The zero-order valence-corrected chi connectivity index (χ0v) is 19.7. The second-order valence-corrected chi connectivity index (χ2v) is 8.30. The maximum absolute atomic E-state index is 13.2. The van der Waals surface area contributed by atoms with Crippen LogP contribution in [0.1, 0.15) is 20.9 Å². The standard InChI is InChI=1S/C27H25N5O4/c1-35-21-7-5-19(6-8-21)20-14-29-27(30-15-20)31-22-13-18(17-33)4-9-23(22)32-11-10-28-16-24(32)26(34)25-3-2-12-36-25/h2-9,12-15,17,24,28H,10-11,16H2,1H3,(H,29,30,31). The van der Waals surface area contributed by atoms with E-state index < -0.39 is 6.04 Å². The zero-order valence-electron chi connectivity index (χ0n) is 19.7. The molecule has 1 saturated heterocycles. The highest BCUT2D eigenvalue weighted by Crippen LogP contribution is 2.32. The van der Waals surface area contributed by atoms with Crippen molar-refractivity contribution in [1.29, 1.82) is 0 Å². The van der Waals surface area contributed by atoms with Crippen LogP contribution in [0.3, 0.4) is 0 Å². The molecule has 0 bridgehead atoms. The van der Waals surface area contributed by atoms with Crippen molar-refractivity contribution in [2.75, 3.05) is 37.0 Å². The smallest absolute Gasteiger partial charge is 0.227 e. The van der Waals surface area contributed by atoms with Gasteiger partial charge in [-0.1, -0.05) is 12.1 Å². The van der Waals surface area contributed by atoms with Crippen molar-refractivity contribution in [3.8, 4) is 16.9 Å². The van der Waals surface area contributed by atoms with Crippen LogP contribution in [0, 0.1) is 0 Å². The minimum absolute atomic E-state index is 0.113. The van der Waals surface area contributed by atoms with Crippen LogP contribution < -0.4 is 20.3 Å². The number of hydrogen-bond donors (Lipinski definition) is 2. The highest BCUT2D eigenvalue weighted by atomic mass is 16.5. The second-order valence-electron chi connectivity index (χ2n) is 8.30. The van der Waals surface area contributed by atoms with Gasteiger partial charge in [0.15, 0.2) is 5.76 Å². The molecule has 3 heterocycles. The average molecular weight is 484 g/mol. The van der Waals surface area contributed by atoms with Gasteiger partial charge in [-0.25, -0.2) is 9.97 Å². The third-order valence-electron chi connectivity index (χ3n) is 6.10. The molecule has 9 heteroatoms. The van der Waals surface area contributed by atoms with Crippen LogP contribution in [0.4, 0.5) is 17.3 Å². The summed E-state index contributed by atoms with van der Waals surface area (Å²) in [4.78, 5) is 35.6. The molecule has 1 aliphatic rings. The van der Waals surface area contributed by atoms with Crippen molar-refractivity contribution in [3.63, 3.8) is 0 Å². The first-order valence-corrected chi connectivity index (χ1v) is 11.5.